The molecule has 1 heterocycles. The number of carbonyl (C=O) groups is 3. The fourth-order valence-corrected chi connectivity index (χ4v) is 12.3. The molecule has 1 unspecified atom stereocenters. The number of carboxylic acid groups (broad SMARTS) is 1. The lowest BCUT2D eigenvalue weighted by Crippen LogP contribution is -2.69. The van der Waals surface area contributed by atoms with Crippen LogP contribution in [0.25, 0.3) is 0 Å². The molecule has 49 heavy (non-hydrogen) atoms. The summed E-state index contributed by atoms with van der Waals surface area (Å²) >= 11 is 0. The minimum atomic E-state index is -1.56. The maximum absolute atomic E-state index is 14.7. The van der Waals surface area contributed by atoms with Gasteiger partial charge in [-0.25, -0.2) is 0 Å². The smallest absolute Gasteiger partial charge is 0.309 e. The molecule has 5 N–H and O–H groups in total. The summed E-state index contributed by atoms with van der Waals surface area (Å²) < 4.78 is 17.4. The van der Waals surface area contributed by atoms with Gasteiger partial charge in [0.25, 0.3) is 0 Å². The van der Waals surface area contributed by atoms with Gasteiger partial charge in [-0.15, -0.1) is 0 Å². The number of ether oxygens (including phenoxy) is 3. The van der Waals surface area contributed by atoms with Crippen LogP contribution >= 0.6 is 0 Å². The summed E-state index contributed by atoms with van der Waals surface area (Å²) in [6, 6.07) is 0. The maximum Gasteiger partial charge on any atom is 0.309 e. The first-order chi connectivity index (χ1) is 22.6. The van der Waals surface area contributed by atoms with Crippen LogP contribution in [0.5, 0.6) is 0 Å². The Morgan fingerprint density at radius 3 is 2.20 bits per heavy atom. The molecule has 0 bridgehead atoms. The average Bonchev–Trinajstić information content (AvgIpc) is 3.00. The number of rotatable bonds is 5. The van der Waals surface area contributed by atoms with Gasteiger partial charge in [0.15, 0.2) is 12.1 Å². The Balaban J connectivity index is 1.30. The molecule has 6 aliphatic rings. The average molecular weight is 691 g/mol. The minimum absolute atomic E-state index is 0.0309. The van der Waals surface area contributed by atoms with E-state index in [4.69, 9.17) is 14.2 Å². The van der Waals surface area contributed by atoms with Gasteiger partial charge >= 0.3 is 11.9 Å². The first-order valence-electron chi connectivity index (χ1n) is 18.2. The largest absolute Gasteiger partial charge is 0.481 e. The van der Waals surface area contributed by atoms with E-state index in [1.54, 1.807) is 0 Å². The number of carboxylic acids is 1. The first kappa shape index (κ1) is 36.9. The third-order valence-corrected chi connectivity index (χ3v) is 15.5. The first-order valence-corrected chi connectivity index (χ1v) is 18.2. The van der Waals surface area contributed by atoms with Crippen LogP contribution in [0, 0.1) is 50.2 Å². The molecule has 11 heteroatoms. The van der Waals surface area contributed by atoms with Crippen LogP contribution in [0.3, 0.4) is 0 Å². The molecule has 15 atom stereocenters. The summed E-state index contributed by atoms with van der Waals surface area (Å²) in [4.78, 5) is 38.5. The standard InChI is InChI=1S/C38H58O11/c1-19(39)47-18-23-27(42)28(43)29(44)31(48-23)49-26-10-11-36(6)24(33(26,2)3)9-12-37(7)30(36)22(40)15-20-21-16-35(5,32(45)46)14-13-34(21,4)17-25(41)38(20,37)8/h15,21,23-31,41-44H,9-14,16-18H2,1-8H3,(H,45,46)/t21-,23+,24-,25-,26-,27+,28-,29+,30?,31-,34+,35-,36-,37+,38-/m0/s1. The van der Waals surface area contributed by atoms with Crippen molar-refractivity contribution >= 4 is 17.7 Å². The number of aliphatic carboxylic acids is 1. The summed E-state index contributed by atoms with van der Waals surface area (Å²) in [5, 5.41) is 54.3. The van der Waals surface area contributed by atoms with Gasteiger partial charge in [0.1, 0.15) is 31.0 Å². The number of ketones is 1. The molecule has 0 amide bonds. The van der Waals surface area contributed by atoms with Gasteiger partial charge in [-0.3, -0.25) is 14.4 Å². The Kier molecular flexibility index (Phi) is 8.90. The van der Waals surface area contributed by atoms with Crippen molar-refractivity contribution < 1.29 is 54.1 Å². The van der Waals surface area contributed by atoms with Crippen LogP contribution in [0.4, 0.5) is 0 Å². The molecule has 6 rings (SSSR count). The predicted octanol–water partition coefficient (Wildman–Crippen LogP) is 3.78. The summed E-state index contributed by atoms with van der Waals surface area (Å²) in [5.74, 6) is -1.76. The molecular weight excluding hydrogens is 632 g/mol. The number of allylic oxidation sites excluding steroid dienone is 1. The van der Waals surface area contributed by atoms with E-state index in [0.29, 0.717) is 44.9 Å². The van der Waals surface area contributed by atoms with E-state index in [1.165, 1.54) is 6.92 Å². The molecular formula is C38H58O11. The Labute approximate surface area is 289 Å². The molecule has 0 aromatic rings. The van der Waals surface area contributed by atoms with E-state index in [1.807, 2.05) is 13.0 Å². The lowest BCUT2D eigenvalue weighted by molar-refractivity contribution is -0.330. The molecule has 1 aliphatic heterocycles. The lowest BCUT2D eigenvalue weighted by Gasteiger charge is -2.71. The summed E-state index contributed by atoms with van der Waals surface area (Å²) in [7, 11) is 0. The quantitative estimate of drug-likeness (QED) is 0.209. The van der Waals surface area contributed by atoms with Gasteiger partial charge in [0.2, 0.25) is 0 Å². The zero-order chi connectivity index (χ0) is 36.3. The molecule has 1 saturated heterocycles. The van der Waals surface area contributed by atoms with Crippen LogP contribution in [-0.4, -0.2) is 92.8 Å². The number of aliphatic hydroxyl groups excluding tert-OH is 4. The van der Waals surface area contributed by atoms with Gasteiger partial charge in [-0.1, -0.05) is 47.1 Å². The van der Waals surface area contributed by atoms with Crippen LogP contribution in [0.1, 0.15) is 107 Å². The van der Waals surface area contributed by atoms with Crippen molar-refractivity contribution in [2.45, 2.75) is 150 Å². The zero-order valence-corrected chi connectivity index (χ0v) is 30.4. The van der Waals surface area contributed by atoms with Gasteiger partial charge < -0.3 is 39.7 Å². The lowest BCUT2D eigenvalue weighted by atomic mass is 9.33. The normalized spacial score (nSPS) is 52.1. The van der Waals surface area contributed by atoms with Crippen molar-refractivity contribution in [1.29, 1.82) is 0 Å². The van der Waals surface area contributed by atoms with Crippen molar-refractivity contribution in [3.63, 3.8) is 0 Å². The van der Waals surface area contributed by atoms with Crippen molar-refractivity contribution in [2.24, 2.45) is 50.2 Å². The van der Waals surface area contributed by atoms with Crippen molar-refractivity contribution in [2.75, 3.05) is 6.61 Å². The fraction of sp³-hybridized carbons (Fsp3) is 0.868. The van der Waals surface area contributed by atoms with Gasteiger partial charge in [-0.05, 0) is 97.9 Å². The second kappa shape index (κ2) is 11.8. The Morgan fingerprint density at radius 1 is 0.898 bits per heavy atom. The number of esters is 1. The monoisotopic (exact) mass is 690 g/mol. The van der Waals surface area contributed by atoms with E-state index in [-0.39, 0.29) is 35.6 Å². The Hall–Kier alpha value is -1.89. The Bertz CT molecular complexity index is 1410. The maximum atomic E-state index is 14.7. The van der Waals surface area contributed by atoms with Gasteiger partial charge in [-0.2, -0.15) is 0 Å². The van der Waals surface area contributed by atoms with E-state index in [0.717, 1.165) is 12.0 Å². The number of hydrogen-bond acceptors (Lipinski definition) is 10. The van der Waals surface area contributed by atoms with Gasteiger partial charge in [0.05, 0.1) is 17.6 Å². The van der Waals surface area contributed by atoms with Crippen LogP contribution in [0.2, 0.25) is 0 Å². The molecule has 276 valence electrons. The van der Waals surface area contributed by atoms with Gasteiger partial charge in [0, 0.05) is 18.3 Å². The minimum Gasteiger partial charge on any atom is -0.481 e. The van der Waals surface area contributed by atoms with Crippen LogP contribution < -0.4 is 0 Å². The predicted molar refractivity (Wildman–Crippen MR) is 177 cm³/mol. The molecule has 0 aromatic carbocycles. The second-order valence-corrected chi connectivity index (χ2v) is 18.5. The summed E-state index contributed by atoms with van der Waals surface area (Å²) in [5.41, 5.74) is -2.43. The molecule has 0 radical (unpaired) electrons. The van der Waals surface area contributed by atoms with E-state index >= 15 is 0 Å². The van der Waals surface area contributed by atoms with Crippen LogP contribution in [0.15, 0.2) is 11.6 Å². The highest BCUT2D eigenvalue weighted by molar-refractivity contribution is 5.96. The highest BCUT2D eigenvalue weighted by Gasteiger charge is 2.72. The molecule has 0 spiro atoms. The highest BCUT2D eigenvalue weighted by atomic mass is 16.7. The zero-order valence-electron chi connectivity index (χ0n) is 30.4. The number of aliphatic hydroxyl groups is 4. The number of fused-ring (bicyclic) bond motifs is 7. The van der Waals surface area contributed by atoms with Crippen LogP contribution in [-0.2, 0) is 28.6 Å². The molecule has 0 aromatic heterocycles. The van der Waals surface area contributed by atoms with Crippen molar-refractivity contribution in [1.82, 2.24) is 0 Å². The molecule has 5 fully saturated rings. The molecule has 11 nitrogen and oxygen atoms in total. The molecule has 5 aliphatic carbocycles. The van der Waals surface area contributed by atoms with E-state index in [2.05, 4.69) is 41.5 Å². The second-order valence-electron chi connectivity index (χ2n) is 18.5. The SMILES string of the molecule is CC(=O)OC[C@H]1O[C@@H](O[C@H]2CC[C@]3(C)C4C(=O)C=C5[C@@H]6C[C@@](C)(C(=O)O)CC[C@]6(C)C[C@H](O)[C@@]5(C)[C@]4(C)CC[C@H]3C2(C)C)[C@H](O)[C@@H](O)[C@@H]1O. The van der Waals surface area contributed by atoms with Crippen molar-refractivity contribution in [3.05, 3.63) is 11.6 Å². The Morgan fingerprint density at radius 2 is 1.57 bits per heavy atom. The third kappa shape index (κ3) is 5.22. The van der Waals surface area contributed by atoms with E-state index < -0.39 is 81.9 Å². The van der Waals surface area contributed by atoms with E-state index in [9.17, 15) is 39.9 Å². The summed E-state index contributed by atoms with van der Waals surface area (Å²) in [6.07, 6.45) is -1.23. The summed E-state index contributed by atoms with van der Waals surface area (Å²) in [6.45, 7) is 15.7. The third-order valence-electron chi connectivity index (χ3n) is 15.5. The highest BCUT2D eigenvalue weighted by Crippen LogP contribution is 2.75. The topological polar surface area (TPSA) is 180 Å². The van der Waals surface area contributed by atoms with Crippen molar-refractivity contribution in [3.8, 4) is 0 Å². The number of carbonyl (C=O) groups excluding carboxylic acids is 2. The molecule has 4 saturated carbocycles. The number of hydrogen-bond donors (Lipinski definition) is 5. The fourth-order valence-electron chi connectivity index (χ4n) is 12.3.